The van der Waals surface area contributed by atoms with Crippen LogP contribution in [0.3, 0.4) is 0 Å². The molecular formula is C12H24N2O. The molecule has 1 heterocycles. The Balaban J connectivity index is 2.66. The lowest BCUT2D eigenvalue weighted by atomic mass is 9.88. The van der Waals surface area contributed by atoms with Gasteiger partial charge in [0.1, 0.15) is 0 Å². The minimum absolute atomic E-state index is 0.198. The van der Waals surface area contributed by atoms with E-state index in [4.69, 9.17) is 0 Å². The third-order valence-electron chi connectivity index (χ3n) is 3.54. The van der Waals surface area contributed by atoms with Crippen LogP contribution in [0.5, 0.6) is 0 Å². The Morgan fingerprint density at radius 3 is 2.73 bits per heavy atom. The van der Waals surface area contributed by atoms with Crippen molar-refractivity contribution in [3.05, 3.63) is 0 Å². The molecule has 88 valence electrons. The molecule has 3 heteroatoms. The van der Waals surface area contributed by atoms with Gasteiger partial charge in [-0.2, -0.15) is 0 Å². The number of nitrogens with one attached hydrogen (secondary N) is 1. The molecule has 1 saturated heterocycles. The number of carbonyl (C=O) groups excluding carboxylic acids is 1. The Bertz CT molecular complexity index is 226. The van der Waals surface area contributed by atoms with Crippen molar-refractivity contribution in [1.29, 1.82) is 0 Å². The van der Waals surface area contributed by atoms with E-state index in [1.54, 1.807) is 0 Å². The number of hydrogen-bond donors (Lipinski definition) is 1. The van der Waals surface area contributed by atoms with Crippen LogP contribution in [0.4, 0.5) is 0 Å². The molecule has 0 aliphatic carbocycles. The highest BCUT2D eigenvalue weighted by Crippen LogP contribution is 2.27. The second-order valence-corrected chi connectivity index (χ2v) is 5.09. The zero-order valence-corrected chi connectivity index (χ0v) is 10.5. The van der Waals surface area contributed by atoms with E-state index in [0.717, 1.165) is 32.4 Å². The Morgan fingerprint density at radius 2 is 2.20 bits per heavy atom. The number of nitrogens with zero attached hydrogens (tertiary/aromatic N) is 1. The van der Waals surface area contributed by atoms with Crippen molar-refractivity contribution >= 4 is 5.91 Å². The van der Waals surface area contributed by atoms with Gasteiger partial charge in [-0.1, -0.05) is 20.8 Å². The number of carbonyl (C=O) groups is 1. The molecule has 0 bridgehead atoms. The first kappa shape index (κ1) is 12.5. The number of likely N-dealkylation sites (tertiary alicyclic amines) is 1. The van der Waals surface area contributed by atoms with Crippen molar-refractivity contribution in [2.45, 2.75) is 46.1 Å². The lowest BCUT2D eigenvalue weighted by molar-refractivity contribution is -0.141. The van der Waals surface area contributed by atoms with E-state index >= 15 is 0 Å². The van der Waals surface area contributed by atoms with E-state index in [1.165, 1.54) is 0 Å². The normalized spacial score (nSPS) is 22.1. The molecule has 15 heavy (non-hydrogen) atoms. The number of hydrogen-bond acceptors (Lipinski definition) is 2. The molecule has 1 amide bonds. The van der Waals surface area contributed by atoms with Crippen LogP contribution in [0.25, 0.3) is 0 Å². The van der Waals surface area contributed by atoms with E-state index in [0.29, 0.717) is 11.9 Å². The number of likely N-dealkylation sites (N-methyl/N-ethyl adjacent to an activating group) is 1. The van der Waals surface area contributed by atoms with Crippen LogP contribution < -0.4 is 5.32 Å². The first-order valence-corrected chi connectivity index (χ1v) is 5.98. The SMILES string of the molecule is CCC(C)(C)C(=O)N1CCCC1CNC. The second-order valence-electron chi connectivity index (χ2n) is 5.09. The summed E-state index contributed by atoms with van der Waals surface area (Å²) in [5.41, 5.74) is -0.198. The quantitative estimate of drug-likeness (QED) is 0.768. The summed E-state index contributed by atoms with van der Waals surface area (Å²) >= 11 is 0. The van der Waals surface area contributed by atoms with Crippen LogP contribution in [0.2, 0.25) is 0 Å². The Labute approximate surface area is 93.2 Å². The predicted molar refractivity (Wildman–Crippen MR) is 62.7 cm³/mol. The van der Waals surface area contributed by atoms with Crippen molar-refractivity contribution in [3.63, 3.8) is 0 Å². The Morgan fingerprint density at radius 1 is 1.53 bits per heavy atom. The third-order valence-corrected chi connectivity index (χ3v) is 3.54. The molecule has 1 fully saturated rings. The molecule has 1 rings (SSSR count). The maximum absolute atomic E-state index is 12.3. The van der Waals surface area contributed by atoms with Gasteiger partial charge in [0, 0.05) is 24.5 Å². The largest absolute Gasteiger partial charge is 0.338 e. The highest BCUT2D eigenvalue weighted by molar-refractivity contribution is 5.82. The van der Waals surface area contributed by atoms with Crippen molar-refractivity contribution in [2.24, 2.45) is 5.41 Å². The van der Waals surface area contributed by atoms with Crippen molar-refractivity contribution in [2.75, 3.05) is 20.1 Å². The van der Waals surface area contributed by atoms with Crippen LogP contribution in [0.1, 0.15) is 40.0 Å². The maximum Gasteiger partial charge on any atom is 0.228 e. The molecule has 0 spiro atoms. The van der Waals surface area contributed by atoms with Gasteiger partial charge in [0.25, 0.3) is 0 Å². The molecule has 0 radical (unpaired) electrons. The van der Waals surface area contributed by atoms with Crippen molar-refractivity contribution in [3.8, 4) is 0 Å². The number of rotatable bonds is 4. The van der Waals surface area contributed by atoms with Crippen LogP contribution in [0, 0.1) is 5.41 Å². The molecule has 0 aromatic heterocycles. The molecule has 1 aliphatic rings. The van der Waals surface area contributed by atoms with Crippen LogP contribution in [-0.2, 0) is 4.79 Å². The van der Waals surface area contributed by atoms with Gasteiger partial charge < -0.3 is 10.2 Å². The lowest BCUT2D eigenvalue weighted by Gasteiger charge is -2.32. The van der Waals surface area contributed by atoms with E-state index in [-0.39, 0.29) is 5.41 Å². The summed E-state index contributed by atoms with van der Waals surface area (Å²) in [6.07, 6.45) is 3.21. The minimum Gasteiger partial charge on any atom is -0.338 e. The Hall–Kier alpha value is -0.570. The van der Waals surface area contributed by atoms with Gasteiger partial charge in [0.05, 0.1) is 0 Å². The molecule has 0 aromatic rings. The molecule has 3 nitrogen and oxygen atoms in total. The first-order chi connectivity index (χ1) is 7.03. The third kappa shape index (κ3) is 2.71. The minimum atomic E-state index is -0.198. The summed E-state index contributed by atoms with van der Waals surface area (Å²) in [6.45, 7) is 8.04. The van der Waals surface area contributed by atoms with Crippen LogP contribution >= 0.6 is 0 Å². The fourth-order valence-corrected chi connectivity index (χ4v) is 2.09. The monoisotopic (exact) mass is 212 g/mol. The summed E-state index contributed by atoms with van der Waals surface area (Å²) in [6, 6.07) is 0.410. The molecule has 0 aromatic carbocycles. The topological polar surface area (TPSA) is 32.3 Å². The fourth-order valence-electron chi connectivity index (χ4n) is 2.09. The molecule has 0 saturated carbocycles. The van der Waals surface area contributed by atoms with Gasteiger partial charge in [0.2, 0.25) is 5.91 Å². The highest BCUT2D eigenvalue weighted by atomic mass is 16.2. The van der Waals surface area contributed by atoms with E-state index in [9.17, 15) is 4.79 Å². The van der Waals surface area contributed by atoms with Crippen molar-refractivity contribution in [1.82, 2.24) is 10.2 Å². The van der Waals surface area contributed by atoms with E-state index < -0.39 is 0 Å². The molecule has 1 atom stereocenters. The predicted octanol–water partition coefficient (Wildman–Crippen LogP) is 1.63. The van der Waals surface area contributed by atoms with E-state index in [1.807, 2.05) is 20.9 Å². The smallest absolute Gasteiger partial charge is 0.228 e. The molecule has 1 aliphatic heterocycles. The summed E-state index contributed by atoms with van der Waals surface area (Å²) in [5, 5.41) is 3.17. The maximum atomic E-state index is 12.3. The van der Waals surface area contributed by atoms with E-state index in [2.05, 4.69) is 17.1 Å². The lowest BCUT2D eigenvalue weighted by Crippen LogP contribution is -2.46. The summed E-state index contributed by atoms with van der Waals surface area (Å²) in [4.78, 5) is 14.4. The summed E-state index contributed by atoms with van der Waals surface area (Å²) in [7, 11) is 1.95. The Kier molecular flexibility index (Phi) is 4.14. The van der Waals surface area contributed by atoms with Crippen molar-refractivity contribution < 1.29 is 4.79 Å². The van der Waals surface area contributed by atoms with Gasteiger partial charge in [-0.25, -0.2) is 0 Å². The molecular weight excluding hydrogens is 188 g/mol. The summed E-state index contributed by atoms with van der Waals surface area (Å²) < 4.78 is 0. The van der Waals surface area contributed by atoms with Crippen LogP contribution in [0.15, 0.2) is 0 Å². The van der Waals surface area contributed by atoms with Crippen LogP contribution in [-0.4, -0.2) is 37.0 Å². The standard InChI is InChI=1S/C12H24N2O/c1-5-12(2,3)11(15)14-8-6-7-10(14)9-13-4/h10,13H,5-9H2,1-4H3. The highest BCUT2D eigenvalue weighted by Gasteiger charge is 2.36. The summed E-state index contributed by atoms with van der Waals surface area (Å²) in [5.74, 6) is 0.322. The zero-order chi connectivity index (χ0) is 11.5. The average Bonchev–Trinajstić information content (AvgIpc) is 2.65. The fraction of sp³-hybridized carbons (Fsp3) is 0.917. The van der Waals surface area contributed by atoms with Gasteiger partial charge in [-0.05, 0) is 26.3 Å². The zero-order valence-electron chi connectivity index (χ0n) is 10.5. The van der Waals surface area contributed by atoms with Gasteiger partial charge in [-0.3, -0.25) is 4.79 Å². The van der Waals surface area contributed by atoms with Gasteiger partial charge in [-0.15, -0.1) is 0 Å². The number of amides is 1. The average molecular weight is 212 g/mol. The van der Waals surface area contributed by atoms with Gasteiger partial charge in [0.15, 0.2) is 0 Å². The molecule has 1 unspecified atom stereocenters. The molecule has 1 N–H and O–H groups in total. The first-order valence-electron chi connectivity index (χ1n) is 5.98. The second kappa shape index (κ2) is 4.97. The van der Waals surface area contributed by atoms with Gasteiger partial charge >= 0.3 is 0 Å².